The van der Waals surface area contributed by atoms with Gasteiger partial charge in [0.15, 0.2) is 5.60 Å². The summed E-state index contributed by atoms with van der Waals surface area (Å²) in [7, 11) is 0. The van der Waals surface area contributed by atoms with E-state index in [0.717, 1.165) is 0 Å². The zero-order valence-electron chi connectivity index (χ0n) is 7.81. The Bertz CT molecular complexity index is 235. The molecule has 2 heteroatoms. The Balaban J connectivity index is 4.34. The summed E-state index contributed by atoms with van der Waals surface area (Å²) >= 11 is 0. The van der Waals surface area contributed by atoms with Gasteiger partial charge in [0.1, 0.15) is 0 Å². The first-order chi connectivity index (χ1) is 5.45. The molecule has 2 nitrogen and oxygen atoms in total. The van der Waals surface area contributed by atoms with Gasteiger partial charge < -0.3 is 4.74 Å². The van der Waals surface area contributed by atoms with E-state index >= 15 is 0 Å². The van der Waals surface area contributed by atoms with Crippen LogP contribution in [0.3, 0.4) is 0 Å². The van der Waals surface area contributed by atoms with E-state index in [1.54, 1.807) is 13.8 Å². The highest BCUT2D eigenvalue weighted by Gasteiger charge is 2.23. The fourth-order valence-corrected chi connectivity index (χ4v) is 0.495. The Morgan fingerprint density at radius 3 is 2.50 bits per heavy atom. The molecule has 0 radical (unpaired) electrons. The number of carbonyl (C=O) groups excluding carboxylic acids is 1. The van der Waals surface area contributed by atoms with Gasteiger partial charge in [-0.1, -0.05) is 19.4 Å². The van der Waals surface area contributed by atoms with Crippen LogP contribution in [0.2, 0.25) is 0 Å². The molecule has 0 fully saturated rings. The number of terminal acetylenes is 1. The average molecular weight is 166 g/mol. The molecule has 0 amide bonds. The second-order valence-corrected chi connectivity index (χ2v) is 2.90. The summed E-state index contributed by atoms with van der Waals surface area (Å²) in [5.74, 6) is 2.00. The molecular weight excluding hydrogens is 152 g/mol. The predicted octanol–water partition coefficient (Wildman–Crippen LogP) is 1.91. The van der Waals surface area contributed by atoms with Gasteiger partial charge >= 0.3 is 5.97 Å². The van der Waals surface area contributed by atoms with Gasteiger partial charge in [0.25, 0.3) is 0 Å². The van der Waals surface area contributed by atoms with Crippen LogP contribution < -0.4 is 0 Å². The first kappa shape index (κ1) is 10.8. The fraction of sp³-hybridized carbons (Fsp3) is 0.500. The van der Waals surface area contributed by atoms with E-state index in [4.69, 9.17) is 11.2 Å². The first-order valence-corrected chi connectivity index (χ1v) is 3.82. The molecular formula is C10H14O2. The largest absolute Gasteiger partial charge is 0.443 e. The number of hydrogen-bond donors (Lipinski definition) is 0. The van der Waals surface area contributed by atoms with Gasteiger partial charge in [-0.3, -0.25) is 0 Å². The summed E-state index contributed by atoms with van der Waals surface area (Å²) in [5, 5.41) is 0. The number of ether oxygens (including phenoxy) is 1. The van der Waals surface area contributed by atoms with Gasteiger partial charge in [-0.2, -0.15) is 0 Å². The maximum atomic E-state index is 11.1. The highest BCUT2D eigenvalue weighted by Crippen LogP contribution is 2.15. The molecule has 0 heterocycles. The van der Waals surface area contributed by atoms with Crippen LogP contribution in [-0.4, -0.2) is 11.6 Å². The molecule has 0 aliphatic carbocycles. The highest BCUT2D eigenvalue weighted by atomic mass is 16.6. The molecule has 0 aliphatic heterocycles. The first-order valence-electron chi connectivity index (χ1n) is 3.82. The maximum Gasteiger partial charge on any atom is 0.334 e. The Hall–Kier alpha value is -1.23. The van der Waals surface area contributed by atoms with Gasteiger partial charge in [0.05, 0.1) is 0 Å². The minimum Gasteiger partial charge on any atom is -0.443 e. The number of hydrogen-bond acceptors (Lipinski definition) is 2. The zero-order valence-corrected chi connectivity index (χ0v) is 7.81. The van der Waals surface area contributed by atoms with E-state index in [9.17, 15) is 4.79 Å². The van der Waals surface area contributed by atoms with Crippen molar-refractivity contribution in [1.29, 1.82) is 0 Å². The highest BCUT2D eigenvalue weighted by molar-refractivity contribution is 5.87. The average Bonchev–Trinajstić information content (AvgIpc) is 2.04. The lowest BCUT2D eigenvalue weighted by atomic mass is 10.1. The quantitative estimate of drug-likeness (QED) is 0.363. The predicted molar refractivity (Wildman–Crippen MR) is 48.4 cm³/mol. The van der Waals surface area contributed by atoms with Crippen LogP contribution in [0.1, 0.15) is 27.2 Å². The summed E-state index contributed by atoms with van der Waals surface area (Å²) in [6.07, 6.45) is 5.81. The molecule has 0 aromatic carbocycles. The van der Waals surface area contributed by atoms with E-state index in [0.29, 0.717) is 12.0 Å². The smallest absolute Gasteiger partial charge is 0.334 e. The molecule has 1 unspecified atom stereocenters. The molecule has 0 rings (SSSR count). The van der Waals surface area contributed by atoms with Crippen molar-refractivity contribution in [2.45, 2.75) is 32.8 Å². The molecule has 0 bridgehead atoms. The number of esters is 1. The third-order valence-corrected chi connectivity index (χ3v) is 1.65. The van der Waals surface area contributed by atoms with Crippen LogP contribution in [0, 0.1) is 12.3 Å². The number of rotatable bonds is 3. The van der Waals surface area contributed by atoms with Gasteiger partial charge in [-0.15, -0.1) is 6.42 Å². The Morgan fingerprint density at radius 2 is 2.25 bits per heavy atom. The summed E-state index contributed by atoms with van der Waals surface area (Å²) in [6.45, 7) is 8.63. The lowest BCUT2D eigenvalue weighted by Gasteiger charge is -2.21. The fourth-order valence-electron chi connectivity index (χ4n) is 0.495. The minimum atomic E-state index is -0.796. The second kappa shape index (κ2) is 3.96. The molecule has 12 heavy (non-hydrogen) atoms. The molecule has 0 saturated carbocycles. The third kappa shape index (κ3) is 2.79. The van der Waals surface area contributed by atoms with Crippen molar-refractivity contribution in [3.63, 3.8) is 0 Å². The Morgan fingerprint density at radius 1 is 1.75 bits per heavy atom. The molecule has 66 valence electrons. The SMILES string of the molecule is C#CC(C)(CC)OC(=O)C(=C)C. The Labute approximate surface area is 73.6 Å². The van der Waals surface area contributed by atoms with Crippen LogP contribution in [0.4, 0.5) is 0 Å². The molecule has 0 aliphatic rings. The second-order valence-electron chi connectivity index (χ2n) is 2.90. The van der Waals surface area contributed by atoms with E-state index < -0.39 is 11.6 Å². The van der Waals surface area contributed by atoms with Gasteiger partial charge in [-0.05, 0) is 20.3 Å². The lowest BCUT2D eigenvalue weighted by Crippen LogP contribution is -2.29. The Kier molecular flexibility index (Phi) is 3.56. The van der Waals surface area contributed by atoms with Crippen molar-refractivity contribution >= 4 is 5.97 Å². The third-order valence-electron chi connectivity index (χ3n) is 1.65. The van der Waals surface area contributed by atoms with E-state index in [1.807, 2.05) is 6.92 Å². The summed E-state index contributed by atoms with van der Waals surface area (Å²) in [5.41, 5.74) is -0.430. The lowest BCUT2D eigenvalue weighted by molar-refractivity contribution is -0.148. The number of carbonyl (C=O) groups is 1. The molecule has 0 spiro atoms. The van der Waals surface area contributed by atoms with Crippen LogP contribution >= 0.6 is 0 Å². The molecule has 0 aromatic rings. The minimum absolute atomic E-state index is 0.366. The van der Waals surface area contributed by atoms with Crippen LogP contribution in [0.25, 0.3) is 0 Å². The van der Waals surface area contributed by atoms with Crippen LogP contribution in [-0.2, 0) is 9.53 Å². The monoisotopic (exact) mass is 166 g/mol. The van der Waals surface area contributed by atoms with Crippen molar-refractivity contribution in [2.24, 2.45) is 0 Å². The zero-order chi connectivity index (χ0) is 9.78. The van der Waals surface area contributed by atoms with E-state index in [-0.39, 0.29) is 0 Å². The normalized spacial score (nSPS) is 14.2. The summed E-state index contributed by atoms with van der Waals surface area (Å²) in [6, 6.07) is 0. The van der Waals surface area contributed by atoms with Crippen LogP contribution in [0.5, 0.6) is 0 Å². The van der Waals surface area contributed by atoms with Crippen LogP contribution in [0.15, 0.2) is 12.2 Å². The molecule has 1 atom stereocenters. The topological polar surface area (TPSA) is 26.3 Å². The van der Waals surface area contributed by atoms with E-state index in [2.05, 4.69) is 12.5 Å². The van der Waals surface area contributed by atoms with Crippen molar-refractivity contribution in [1.82, 2.24) is 0 Å². The van der Waals surface area contributed by atoms with Gasteiger partial charge in [0, 0.05) is 5.57 Å². The van der Waals surface area contributed by atoms with Gasteiger partial charge in [-0.25, -0.2) is 4.79 Å². The molecule has 0 aromatic heterocycles. The maximum absolute atomic E-state index is 11.1. The molecule has 0 N–H and O–H groups in total. The summed E-state index contributed by atoms with van der Waals surface area (Å²) < 4.78 is 5.02. The molecule has 0 saturated heterocycles. The van der Waals surface area contributed by atoms with Crippen molar-refractivity contribution < 1.29 is 9.53 Å². The summed E-state index contributed by atoms with van der Waals surface area (Å²) in [4.78, 5) is 11.1. The van der Waals surface area contributed by atoms with Crippen molar-refractivity contribution in [2.75, 3.05) is 0 Å². The van der Waals surface area contributed by atoms with E-state index in [1.165, 1.54) is 0 Å². The van der Waals surface area contributed by atoms with Gasteiger partial charge in [0.2, 0.25) is 0 Å². The van der Waals surface area contributed by atoms with Crippen molar-refractivity contribution in [3.05, 3.63) is 12.2 Å². The standard InChI is InChI=1S/C10H14O2/c1-6-10(5,7-2)12-9(11)8(3)4/h1H,3,7H2,2,4-5H3. The van der Waals surface area contributed by atoms with Crippen molar-refractivity contribution in [3.8, 4) is 12.3 Å².